The van der Waals surface area contributed by atoms with Crippen LogP contribution in [0.25, 0.3) is 0 Å². The lowest BCUT2D eigenvalue weighted by Crippen LogP contribution is -2.29. The van der Waals surface area contributed by atoms with Crippen LogP contribution in [0.1, 0.15) is 34.0 Å². The van der Waals surface area contributed by atoms with Crippen molar-refractivity contribution < 1.29 is 23.8 Å². The van der Waals surface area contributed by atoms with Crippen LogP contribution in [-0.2, 0) is 24.1 Å². The predicted octanol–water partition coefficient (Wildman–Crippen LogP) is 3.05. The van der Waals surface area contributed by atoms with Gasteiger partial charge in [-0.25, -0.2) is 9.59 Å². The summed E-state index contributed by atoms with van der Waals surface area (Å²) in [4.78, 5) is 24.5. The zero-order valence-electron chi connectivity index (χ0n) is 15.7. The smallest absolute Gasteiger partial charge is 0.340 e. The van der Waals surface area contributed by atoms with Gasteiger partial charge in [-0.1, -0.05) is 12.1 Å². The number of ether oxygens (including phenoxy) is 3. The monoisotopic (exact) mass is 382 g/mol. The summed E-state index contributed by atoms with van der Waals surface area (Å²) in [6.45, 7) is 3.62. The van der Waals surface area contributed by atoms with Crippen LogP contribution < -0.4 is 20.1 Å². The first-order valence-electron chi connectivity index (χ1n) is 9.41. The molecule has 0 fully saturated rings. The van der Waals surface area contributed by atoms with E-state index in [0.717, 1.165) is 41.0 Å². The molecule has 0 atom stereocenters. The first kappa shape index (κ1) is 18.2. The molecule has 2 aromatic carbocycles. The molecule has 2 N–H and O–H groups in total. The Balaban J connectivity index is 1.48. The summed E-state index contributed by atoms with van der Waals surface area (Å²) in [5, 5.41) is 5.60. The van der Waals surface area contributed by atoms with Gasteiger partial charge in [0.05, 0.1) is 31.1 Å². The average Bonchev–Trinajstić information content (AvgIpc) is 3.34. The van der Waals surface area contributed by atoms with Gasteiger partial charge < -0.3 is 24.8 Å². The predicted molar refractivity (Wildman–Crippen MR) is 103 cm³/mol. The number of urea groups is 1. The summed E-state index contributed by atoms with van der Waals surface area (Å²) < 4.78 is 16.5. The lowest BCUT2D eigenvalue weighted by molar-refractivity contribution is 0.0527. The minimum atomic E-state index is -0.470. The minimum Gasteiger partial charge on any atom is -0.493 e. The van der Waals surface area contributed by atoms with Crippen LogP contribution in [0.2, 0.25) is 0 Å². The van der Waals surface area contributed by atoms with Crippen LogP contribution in [-0.4, -0.2) is 31.8 Å². The molecule has 7 nitrogen and oxygen atoms in total. The first-order chi connectivity index (χ1) is 13.7. The molecule has 0 unspecified atom stereocenters. The highest BCUT2D eigenvalue weighted by atomic mass is 16.5. The number of para-hydroxylation sites is 1. The van der Waals surface area contributed by atoms with Crippen molar-refractivity contribution >= 4 is 17.7 Å². The number of hydrogen-bond donors (Lipinski definition) is 2. The third-order valence-electron chi connectivity index (χ3n) is 4.86. The Bertz CT molecular complexity index is 893. The Kier molecular flexibility index (Phi) is 5.06. The fourth-order valence-corrected chi connectivity index (χ4v) is 3.59. The SMILES string of the molecule is CCOC(=O)c1ccccc1NC(=O)NCc1c2c(cc3c1OCC3)OCC2. The average molecular weight is 382 g/mol. The van der Waals surface area contributed by atoms with Gasteiger partial charge in [0.25, 0.3) is 0 Å². The van der Waals surface area contributed by atoms with E-state index in [1.54, 1.807) is 31.2 Å². The van der Waals surface area contributed by atoms with Crippen LogP contribution in [0, 0.1) is 0 Å². The van der Waals surface area contributed by atoms with Gasteiger partial charge in [-0.05, 0) is 25.1 Å². The summed E-state index contributed by atoms with van der Waals surface area (Å²) in [5.41, 5.74) is 3.90. The van der Waals surface area contributed by atoms with Crippen molar-refractivity contribution in [1.29, 1.82) is 0 Å². The summed E-state index contributed by atoms with van der Waals surface area (Å²) in [6.07, 6.45) is 1.65. The van der Waals surface area contributed by atoms with Crippen molar-refractivity contribution in [3.63, 3.8) is 0 Å². The number of amides is 2. The molecule has 146 valence electrons. The molecule has 0 aromatic heterocycles. The number of hydrogen-bond acceptors (Lipinski definition) is 5. The molecule has 2 aliphatic heterocycles. The molecule has 2 amide bonds. The maximum Gasteiger partial charge on any atom is 0.340 e. The third-order valence-corrected chi connectivity index (χ3v) is 4.86. The normalized spacial score (nSPS) is 13.8. The maximum absolute atomic E-state index is 12.5. The van der Waals surface area contributed by atoms with E-state index in [-0.39, 0.29) is 6.61 Å². The van der Waals surface area contributed by atoms with Crippen LogP contribution in [0.4, 0.5) is 10.5 Å². The van der Waals surface area contributed by atoms with E-state index < -0.39 is 12.0 Å². The number of nitrogens with one attached hydrogen (secondary N) is 2. The lowest BCUT2D eigenvalue weighted by Gasteiger charge is -2.15. The summed E-state index contributed by atoms with van der Waals surface area (Å²) in [7, 11) is 0. The number of carbonyl (C=O) groups is 2. The molecular weight excluding hydrogens is 360 g/mol. The summed E-state index contributed by atoms with van der Waals surface area (Å²) in [6, 6.07) is 8.41. The zero-order chi connectivity index (χ0) is 19.5. The highest BCUT2D eigenvalue weighted by Crippen LogP contribution is 2.40. The molecule has 28 heavy (non-hydrogen) atoms. The van der Waals surface area contributed by atoms with Crippen molar-refractivity contribution in [2.45, 2.75) is 26.3 Å². The van der Waals surface area contributed by atoms with Gasteiger partial charge in [-0.3, -0.25) is 0 Å². The van der Waals surface area contributed by atoms with Gasteiger partial charge in [-0.15, -0.1) is 0 Å². The molecule has 0 bridgehead atoms. The highest BCUT2D eigenvalue weighted by Gasteiger charge is 2.26. The topological polar surface area (TPSA) is 85.9 Å². The van der Waals surface area contributed by atoms with Crippen molar-refractivity contribution in [3.05, 3.63) is 52.6 Å². The van der Waals surface area contributed by atoms with Crippen molar-refractivity contribution in [2.24, 2.45) is 0 Å². The number of carbonyl (C=O) groups excluding carboxylic acids is 2. The Morgan fingerprint density at radius 2 is 1.96 bits per heavy atom. The van der Waals surface area contributed by atoms with E-state index in [9.17, 15) is 9.59 Å². The molecular formula is C21H22N2O5. The van der Waals surface area contributed by atoms with Crippen LogP contribution in [0.3, 0.4) is 0 Å². The quantitative estimate of drug-likeness (QED) is 0.777. The molecule has 4 rings (SSSR count). The molecule has 2 heterocycles. The molecule has 7 heteroatoms. The van der Waals surface area contributed by atoms with Crippen molar-refractivity contribution in [3.8, 4) is 11.5 Å². The molecule has 0 saturated heterocycles. The molecule has 0 saturated carbocycles. The standard InChI is InChI=1S/C21H22N2O5/c1-2-26-20(24)15-5-3-4-6-17(15)23-21(25)22-12-16-14-8-10-27-18(14)11-13-7-9-28-19(13)16/h3-6,11H,2,7-10,12H2,1H3,(H2,22,23,25). The van der Waals surface area contributed by atoms with Crippen molar-refractivity contribution in [2.75, 3.05) is 25.1 Å². The molecule has 0 aliphatic carbocycles. The fourth-order valence-electron chi connectivity index (χ4n) is 3.59. The van der Waals surface area contributed by atoms with Crippen LogP contribution >= 0.6 is 0 Å². The lowest BCUT2D eigenvalue weighted by atomic mass is 9.99. The van der Waals surface area contributed by atoms with Gasteiger partial charge >= 0.3 is 12.0 Å². The number of benzene rings is 2. The second-order valence-electron chi connectivity index (χ2n) is 6.59. The summed E-state index contributed by atoms with van der Waals surface area (Å²) >= 11 is 0. The highest BCUT2D eigenvalue weighted by molar-refractivity contribution is 6.00. The van der Waals surface area contributed by atoms with E-state index in [1.807, 2.05) is 6.07 Å². The molecule has 2 aliphatic rings. The van der Waals surface area contributed by atoms with Crippen LogP contribution in [0.15, 0.2) is 30.3 Å². The minimum absolute atomic E-state index is 0.270. The number of anilines is 1. The number of esters is 1. The number of rotatable bonds is 5. The van der Waals surface area contributed by atoms with Gasteiger partial charge in [0, 0.05) is 36.1 Å². The second-order valence-corrected chi connectivity index (χ2v) is 6.59. The second kappa shape index (κ2) is 7.80. The van der Waals surface area contributed by atoms with Crippen LogP contribution in [0.5, 0.6) is 11.5 Å². The maximum atomic E-state index is 12.5. The van der Waals surface area contributed by atoms with E-state index in [4.69, 9.17) is 14.2 Å². The largest absolute Gasteiger partial charge is 0.493 e. The van der Waals surface area contributed by atoms with E-state index in [1.165, 1.54) is 0 Å². The Hall–Kier alpha value is -3.22. The van der Waals surface area contributed by atoms with Gasteiger partial charge in [0.15, 0.2) is 0 Å². The molecule has 0 radical (unpaired) electrons. The van der Waals surface area contributed by atoms with E-state index >= 15 is 0 Å². The molecule has 2 aromatic rings. The Labute approximate surface area is 163 Å². The number of fused-ring (bicyclic) bond motifs is 2. The molecule has 0 spiro atoms. The van der Waals surface area contributed by atoms with Gasteiger partial charge in [0.1, 0.15) is 11.5 Å². The zero-order valence-corrected chi connectivity index (χ0v) is 15.7. The Morgan fingerprint density at radius 3 is 2.82 bits per heavy atom. The summed E-state index contributed by atoms with van der Waals surface area (Å²) in [5.74, 6) is 1.27. The first-order valence-corrected chi connectivity index (χ1v) is 9.41. The van der Waals surface area contributed by atoms with E-state index in [0.29, 0.717) is 31.0 Å². The Morgan fingerprint density at radius 1 is 1.14 bits per heavy atom. The fraction of sp³-hybridized carbons (Fsp3) is 0.333. The van der Waals surface area contributed by atoms with E-state index in [2.05, 4.69) is 10.6 Å². The van der Waals surface area contributed by atoms with Gasteiger partial charge in [0.2, 0.25) is 0 Å². The van der Waals surface area contributed by atoms with Crippen molar-refractivity contribution in [1.82, 2.24) is 5.32 Å². The van der Waals surface area contributed by atoms with Gasteiger partial charge in [-0.2, -0.15) is 0 Å². The third kappa shape index (κ3) is 3.47.